The molecular formula is C19H36N2O4. The molecule has 0 spiro atoms. The Balaban J connectivity index is 2.88. The van der Waals surface area contributed by atoms with Crippen molar-refractivity contribution in [1.29, 1.82) is 0 Å². The topological polar surface area (TPSA) is 90.6 Å². The highest BCUT2D eigenvalue weighted by atomic mass is 16.6. The van der Waals surface area contributed by atoms with Crippen LogP contribution in [0.3, 0.4) is 0 Å². The molecule has 6 nitrogen and oxygen atoms in total. The number of ether oxygens (including phenoxy) is 2. The molecule has 0 aliphatic carbocycles. The summed E-state index contributed by atoms with van der Waals surface area (Å²) in [6.07, 6.45) is 0.462. The maximum absolute atomic E-state index is 12.3. The van der Waals surface area contributed by atoms with Crippen molar-refractivity contribution in [2.24, 2.45) is 29.4 Å². The van der Waals surface area contributed by atoms with E-state index in [0.29, 0.717) is 25.3 Å². The van der Waals surface area contributed by atoms with Crippen LogP contribution < -0.4 is 11.1 Å². The Morgan fingerprint density at radius 2 is 1.92 bits per heavy atom. The van der Waals surface area contributed by atoms with E-state index in [1.165, 1.54) is 0 Å². The number of carbonyl (C=O) groups excluding carboxylic acids is 2. The number of esters is 1. The molecule has 1 amide bonds. The van der Waals surface area contributed by atoms with Crippen molar-refractivity contribution in [2.75, 3.05) is 6.54 Å². The van der Waals surface area contributed by atoms with Gasteiger partial charge >= 0.3 is 12.1 Å². The lowest BCUT2D eigenvalue weighted by Crippen LogP contribution is -2.47. The van der Waals surface area contributed by atoms with Crippen LogP contribution >= 0.6 is 0 Å². The quantitative estimate of drug-likeness (QED) is 0.684. The second kappa shape index (κ2) is 8.88. The zero-order valence-electron chi connectivity index (χ0n) is 16.8. The first-order chi connectivity index (χ1) is 11.4. The first kappa shape index (κ1) is 21.7. The molecule has 0 aromatic carbocycles. The molecule has 25 heavy (non-hydrogen) atoms. The fourth-order valence-corrected chi connectivity index (χ4v) is 3.15. The predicted molar refractivity (Wildman–Crippen MR) is 98.0 cm³/mol. The van der Waals surface area contributed by atoms with E-state index in [4.69, 9.17) is 15.2 Å². The fraction of sp³-hybridized carbons (Fsp3) is 0.895. The zero-order valence-corrected chi connectivity index (χ0v) is 16.8. The maximum Gasteiger partial charge on any atom is 0.408 e. The van der Waals surface area contributed by atoms with Crippen LogP contribution in [0.5, 0.6) is 0 Å². The van der Waals surface area contributed by atoms with E-state index in [1.807, 2.05) is 34.6 Å². The lowest BCUT2D eigenvalue weighted by atomic mass is 9.85. The Morgan fingerprint density at radius 3 is 2.32 bits per heavy atom. The average molecular weight is 357 g/mol. The number of amides is 1. The molecule has 1 heterocycles. The van der Waals surface area contributed by atoms with E-state index >= 15 is 0 Å². The van der Waals surface area contributed by atoms with Gasteiger partial charge in [-0.05, 0) is 57.9 Å². The van der Waals surface area contributed by atoms with Crippen LogP contribution in [0, 0.1) is 23.7 Å². The van der Waals surface area contributed by atoms with Gasteiger partial charge in [-0.1, -0.05) is 27.7 Å². The number of cyclic esters (lactones) is 1. The van der Waals surface area contributed by atoms with E-state index in [-0.39, 0.29) is 35.9 Å². The molecule has 4 atom stereocenters. The summed E-state index contributed by atoms with van der Waals surface area (Å²) in [6.45, 7) is 14.2. The van der Waals surface area contributed by atoms with Gasteiger partial charge in [-0.3, -0.25) is 4.79 Å². The molecule has 0 bridgehead atoms. The Morgan fingerprint density at radius 1 is 1.32 bits per heavy atom. The molecule has 0 aromatic heterocycles. The monoisotopic (exact) mass is 356 g/mol. The molecule has 1 rings (SSSR count). The Bertz CT molecular complexity index is 457. The van der Waals surface area contributed by atoms with E-state index in [2.05, 4.69) is 19.2 Å². The van der Waals surface area contributed by atoms with E-state index in [0.717, 1.165) is 0 Å². The highest BCUT2D eigenvalue weighted by Crippen LogP contribution is 2.32. The van der Waals surface area contributed by atoms with Crippen molar-refractivity contribution in [1.82, 2.24) is 5.32 Å². The lowest BCUT2D eigenvalue weighted by molar-refractivity contribution is -0.146. The van der Waals surface area contributed by atoms with Gasteiger partial charge in [0.2, 0.25) is 0 Å². The molecular weight excluding hydrogens is 320 g/mol. The number of carbonyl (C=O) groups is 2. The van der Waals surface area contributed by atoms with Gasteiger partial charge < -0.3 is 20.5 Å². The summed E-state index contributed by atoms with van der Waals surface area (Å²) in [5, 5.41) is 2.92. The van der Waals surface area contributed by atoms with Crippen LogP contribution in [0.25, 0.3) is 0 Å². The number of hydrogen-bond acceptors (Lipinski definition) is 5. The summed E-state index contributed by atoms with van der Waals surface area (Å²) in [7, 11) is 0. The van der Waals surface area contributed by atoms with Crippen LogP contribution in [-0.2, 0) is 14.3 Å². The Hall–Kier alpha value is -1.30. The van der Waals surface area contributed by atoms with Crippen LogP contribution in [0.2, 0.25) is 0 Å². The third-order valence-corrected chi connectivity index (χ3v) is 4.81. The molecule has 6 heteroatoms. The first-order valence-electron chi connectivity index (χ1n) is 9.34. The molecule has 3 N–H and O–H groups in total. The number of nitrogens with one attached hydrogen (secondary N) is 1. The largest absolute Gasteiger partial charge is 0.460 e. The fourth-order valence-electron chi connectivity index (χ4n) is 3.15. The van der Waals surface area contributed by atoms with Gasteiger partial charge in [0.1, 0.15) is 11.7 Å². The summed E-state index contributed by atoms with van der Waals surface area (Å²) in [4.78, 5) is 24.4. The molecule has 2 unspecified atom stereocenters. The summed E-state index contributed by atoms with van der Waals surface area (Å²) < 4.78 is 11.0. The van der Waals surface area contributed by atoms with Crippen molar-refractivity contribution in [3.8, 4) is 0 Å². The zero-order chi connectivity index (χ0) is 19.4. The second-order valence-corrected chi connectivity index (χ2v) is 8.79. The third-order valence-electron chi connectivity index (χ3n) is 4.81. The predicted octanol–water partition coefficient (Wildman–Crippen LogP) is 3.09. The van der Waals surface area contributed by atoms with Crippen LogP contribution in [0.1, 0.15) is 61.3 Å². The van der Waals surface area contributed by atoms with Gasteiger partial charge in [0.05, 0.1) is 12.0 Å². The van der Waals surface area contributed by atoms with Crippen molar-refractivity contribution >= 4 is 12.1 Å². The molecule has 1 fully saturated rings. The minimum absolute atomic E-state index is 0.122. The lowest BCUT2D eigenvalue weighted by Gasteiger charge is -2.30. The van der Waals surface area contributed by atoms with Crippen molar-refractivity contribution in [3.05, 3.63) is 0 Å². The minimum atomic E-state index is -0.577. The number of hydrogen-bond donors (Lipinski definition) is 2. The van der Waals surface area contributed by atoms with Gasteiger partial charge in [-0.25, -0.2) is 4.79 Å². The summed E-state index contributed by atoms with van der Waals surface area (Å²) in [6, 6.07) is -0.293. The maximum atomic E-state index is 12.3. The van der Waals surface area contributed by atoms with Crippen molar-refractivity contribution < 1.29 is 19.1 Å². The van der Waals surface area contributed by atoms with E-state index in [9.17, 15) is 9.59 Å². The molecule has 0 aromatic rings. The van der Waals surface area contributed by atoms with Crippen LogP contribution in [0.15, 0.2) is 0 Å². The summed E-state index contributed by atoms with van der Waals surface area (Å²) >= 11 is 0. The van der Waals surface area contributed by atoms with Crippen LogP contribution in [-0.4, -0.2) is 36.4 Å². The smallest absolute Gasteiger partial charge is 0.408 e. The SMILES string of the molecule is CC(C)C(CN)CC(NC(=O)OC(C)(C)C)[C@@H]1C[C@@H](C(C)C)C(=O)O1. The molecule has 1 aliphatic heterocycles. The summed E-state index contributed by atoms with van der Waals surface area (Å²) in [5.41, 5.74) is 5.33. The van der Waals surface area contributed by atoms with Crippen LogP contribution in [0.4, 0.5) is 4.79 Å². The third kappa shape index (κ3) is 6.84. The number of alkyl carbamates (subject to hydrolysis) is 1. The van der Waals surface area contributed by atoms with Gasteiger partial charge in [-0.2, -0.15) is 0 Å². The highest BCUT2D eigenvalue weighted by molar-refractivity contribution is 5.75. The van der Waals surface area contributed by atoms with Gasteiger partial charge in [0.15, 0.2) is 0 Å². The Kier molecular flexibility index (Phi) is 7.72. The molecule has 0 saturated carbocycles. The number of nitrogens with two attached hydrogens (primary N) is 1. The minimum Gasteiger partial charge on any atom is -0.460 e. The molecule has 1 aliphatic rings. The standard InChI is InChI=1S/C19H36N2O4/c1-11(2)13(10-20)8-15(21-18(23)25-19(5,6)7)16-9-14(12(3)4)17(22)24-16/h11-16H,8-10,20H2,1-7H3,(H,21,23)/t13?,14-,15?,16-/m0/s1. The number of rotatable bonds is 7. The average Bonchev–Trinajstić information content (AvgIpc) is 2.83. The van der Waals surface area contributed by atoms with Crippen molar-refractivity contribution in [3.63, 3.8) is 0 Å². The van der Waals surface area contributed by atoms with Gasteiger partial charge in [-0.15, -0.1) is 0 Å². The Labute approximate surface area is 152 Å². The second-order valence-electron chi connectivity index (χ2n) is 8.79. The first-order valence-corrected chi connectivity index (χ1v) is 9.34. The normalized spacial score (nSPS) is 23.5. The van der Waals surface area contributed by atoms with E-state index in [1.54, 1.807) is 0 Å². The van der Waals surface area contributed by atoms with Crippen molar-refractivity contribution in [2.45, 2.75) is 79.1 Å². The highest BCUT2D eigenvalue weighted by Gasteiger charge is 2.41. The molecule has 0 radical (unpaired) electrons. The van der Waals surface area contributed by atoms with Gasteiger partial charge in [0.25, 0.3) is 0 Å². The van der Waals surface area contributed by atoms with Gasteiger partial charge in [0, 0.05) is 0 Å². The summed E-state index contributed by atoms with van der Waals surface area (Å²) in [5.74, 6) is 0.533. The van der Waals surface area contributed by atoms with E-state index < -0.39 is 11.7 Å². The molecule has 1 saturated heterocycles. The molecule has 146 valence electrons.